The smallest absolute Gasteiger partial charge is 0.254 e. The summed E-state index contributed by atoms with van der Waals surface area (Å²) in [5.41, 5.74) is 5.27. The molecule has 9 heteroatoms. The largest absolute Gasteiger partial charge is 0.457 e. The molecular weight excluding hydrogens is 554 g/mol. The van der Waals surface area contributed by atoms with Gasteiger partial charge in [-0.1, -0.05) is 53.6 Å². The monoisotopic (exact) mass is 583 g/mol. The molecule has 0 saturated carbocycles. The van der Waals surface area contributed by atoms with Gasteiger partial charge in [0, 0.05) is 42.0 Å². The van der Waals surface area contributed by atoms with Crippen LogP contribution in [0.1, 0.15) is 35.4 Å². The van der Waals surface area contributed by atoms with E-state index in [-0.39, 0.29) is 5.56 Å². The van der Waals surface area contributed by atoms with Crippen molar-refractivity contribution < 1.29 is 13.8 Å². The number of ether oxygens (including phenoxy) is 1. The maximum atomic E-state index is 13.9. The molecule has 0 amide bonds. The van der Waals surface area contributed by atoms with E-state index < -0.39 is 0 Å². The lowest BCUT2D eigenvalue weighted by Gasteiger charge is -2.17. The van der Waals surface area contributed by atoms with E-state index in [4.69, 9.17) is 13.8 Å². The molecule has 9 nitrogen and oxygen atoms in total. The lowest BCUT2D eigenvalue weighted by molar-refractivity contribution is 0.394. The van der Waals surface area contributed by atoms with E-state index in [9.17, 15) is 4.79 Å². The molecule has 0 unspecified atom stereocenters. The summed E-state index contributed by atoms with van der Waals surface area (Å²) in [4.78, 5) is 22.6. The predicted molar refractivity (Wildman–Crippen MR) is 168 cm³/mol. The number of nitrogens with zero attached hydrogens (tertiary/aromatic N) is 5. The molecular formula is C35H29N5O4. The Morgan fingerprint density at radius 1 is 0.750 bits per heavy atom. The number of benzene rings is 4. The average Bonchev–Trinajstić information content (AvgIpc) is 3.67. The standard InChI is InChI=1S/C35H29N5O4/c1-5-30-20(2)31-14-13-29(42-28-8-6-7-25(17-28)33-36-21(3)43-38-33)18-32(31)40(35(30)41)19-23-9-10-24-11-12-26(16-27(24)15-23)34-37-22(4)44-39-34/h6-18H,5,19H2,1-4H3. The number of fused-ring (bicyclic) bond motifs is 2. The second kappa shape index (κ2) is 10.9. The van der Waals surface area contributed by atoms with E-state index in [0.717, 1.165) is 49.5 Å². The minimum absolute atomic E-state index is 0.000226. The zero-order valence-corrected chi connectivity index (χ0v) is 24.8. The molecule has 3 aromatic heterocycles. The first-order chi connectivity index (χ1) is 21.4. The predicted octanol–water partition coefficient (Wildman–Crippen LogP) is 7.58. The lowest BCUT2D eigenvalue weighted by Crippen LogP contribution is -2.26. The molecule has 0 aliphatic heterocycles. The van der Waals surface area contributed by atoms with Gasteiger partial charge in [0.05, 0.1) is 12.1 Å². The molecule has 44 heavy (non-hydrogen) atoms. The van der Waals surface area contributed by atoms with Gasteiger partial charge >= 0.3 is 0 Å². The van der Waals surface area contributed by atoms with Crippen LogP contribution < -0.4 is 10.3 Å². The Bertz CT molecular complexity index is 2240. The highest BCUT2D eigenvalue weighted by Crippen LogP contribution is 2.31. The van der Waals surface area contributed by atoms with Crippen LogP contribution in [-0.2, 0) is 13.0 Å². The number of hydrogen-bond donors (Lipinski definition) is 0. The van der Waals surface area contributed by atoms with Gasteiger partial charge in [-0.15, -0.1) is 0 Å². The van der Waals surface area contributed by atoms with Crippen molar-refractivity contribution in [1.82, 2.24) is 24.8 Å². The third-order valence-corrected chi connectivity index (χ3v) is 7.86. The van der Waals surface area contributed by atoms with Crippen molar-refractivity contribution in [2.24, 2.45) is 0 Å². The number of pyridine rings is 1. The molecule has 4 aromatic carbocycles. The van der Waals surface area contributed by atoms with Gasteiger partial charge in [-0.05, 0) is 71.6 Å². The van der Waals surface area contributed by atoms with E-state index in [1.165, 1.54) is 0 Å². The van der Waals surface area contributed by atoms with E-state index in [1.54, 1.807) is 13.8 Å². The quantitative estimate of drug-likeness (QED) is 0.189. The van der Waals surface area contributed by atoms with Gasteiger partial charge in [-0.25, -0.2) is 0 Å². The van der Waals surface area contributed by atoms with Crippen LogP contribution in [0.4, 0.5) is 0 Å². The third kappa shape index (κ3) is 5.02. The number of aryl methyl sites for hydroxylation is 3. The van der Waals surface area contributed by atoms with E-state index in [0.29, 0.717) is 47.9 Å². The zero-order chi connectivity index (χ0) is 30.4. The summed E-state index contributed by atoms with van der Waals surface area (Å²) < 4.78 is 18.4. The Labute approximate surface area is 252 Å². The molecule has 7 aromatic rings. The molecule has 0 spiro atoms. The van der Waals surface area contributed by atoms with Crippen molar-refractivity contribution >= 4 is 21.7 Å². The molecule has 7 rings (SSSR count). The summed E-state index contributed by atoms with van der Waals surface area (Å²) in [6, 6.07) is 25.8. The van der Waals surface area contributed by atoms with Crippen LogP contribution in [0.15, 0.2) is 92.7 Å². The Kier molecular flexibility index (Phi) is 6.77. The van der Waals surface area contributed by atoms with E-state index in [1.807, 2.05) is 79.1 Å². The summed E-state index contributed by atoms with van der Waals surface area (Å²) in [5.74, 6) is 3.31. The highest BCUT2D eigenvalue weighted by molar-refractivity contribution is 5.87. The molecule has 0 bridgehead atoms. The van der Waals surface area contributed by atoms with Gasteiger partial charge in [0.1, 0.15) is 11.5 Å². The molecule has 0 fully saturated rings. The van der Waals surface area contributed by atoms with Gasteiger partial charge in [0.15, 0.2) is 0 Å². The summed E-state index contributed by atoms with van der Waals surface area (Å²) in [5, 5.41) is 11.2. The summed E-state index contributed by atoms with van der Waals surface area (Å²) >= 11 is 0. The minimum Gasteiger partial charge on any atom is -0.457 e. The fraction of sp³-hybridized carbons (Fsp3) is 0.171. The average molecular weight is 584 g/mol. The van der Waals surface area contributed by atoms with Crippen molar-refractivity contribution in [2.75, 3.05) is 0 Å². The van der Waals surface area contributed by atoms with Crippen molar-refractivity contribution in [1.29, 1.82) is 0 Å². The summed E-state index contributed by atoms with van der Waals surface area (Å²) in [6.07, 6.45) is 0.645. The molecule has 0 aliphatic carbocycles. The van der Waals surface area contributed by atoms with Crippen LogP contribution in [0.3, 0.4) is 0 Å². The Morgan fingerprint density at radius 2 is 1.45 bits per heavy atom. The fourth-order valence-corrected chi connectivity index (χ4v) is 5.67. The Balaban J connectivity index is 1.28. The van der Waals surface area contributed by atoms with E-state index in [2.05, 4.69) is 38.5 Å². The maximum absolute atomic E-state index is 13.9. The van der Waals surface area contributed by atoms with Crippen LogP contribution in [0.2, 0.25) is 0 Å². The van der Waals surface area contributed by atoms with Crippen LogP contribution in [0.25, 0.3) is 44.5 Å². The molecule has 0 N–H and O–H groups in total. The summed E-state index contributed by atoms with van der Waals surface area (Å²) in [7, 11) is 0. The molecule has 0 aliphatic rings. The van der Waals surface area contributed by atoms with Crippen LogP contribution in [0, 0.1) is 20.8 Å². The topological polar surface area (TPSA) is 109 Å². The van der Waals surface area contributed by atoms with Crippen molar-refractivity contribution in [3.63, 3.8) is 0 Å². The molecule has 3 heterocycles. The molecule has 0 atom stereocenters. The number of hydrogen-bond acceptors (Lipinski definition) is 8. The normalized spacial score (nSPS) is 11.5. The second-order valence-electron chi connectivity index (χ2n) is 10.8. The Morgan fingerprint density at radius 3 is 2.16 bits per heavy atom. The summed E-state index contributed by atoms with van der Waals surface area (Å²) in [6.45, 7) is 7.96. The van der Waals surface area contributed by atoms with Crippen molar-refractivity contribution in [3.8, 4) is 34.3 Å². The van der Waals surface area contributed by atoms with Crippen LogP contribution in [-0.4, -0.2) is 24.8 Å². The number of aromatic nitrogens is 5. The maximum Gasteiger partial charge on any atom is 0.254 e. The molecule has 218 valence electrons. The van der Waals surface area contributed by atoms with Gasteiger partial charge < -0.3 is 18.4 Å². The van der Waals surface area contributed by atoms with Gasteiger partial charge in [-0.2, -0.15) is 9.97 Å². The third-order valence-electron chi connectivity index (χ3n) is 7.86. The first-order valence-electron chi connectivity index (χ1n) is 14.4. The van der Waals surface area contributed by atoms with Gasteiger partial charge in [0.2, 0.25) is 23.4 Å². The van der Waals surface area contributed by atoms with Gasteiger partial charge in [-0.3, -0.25) is 4.79 Å². The SMILES string of the molecule is CCc1c(C)c2ccc(Oc3cccc(-c4noc(C)n4)c3)cc2n(Cc2ccc3ccc(-c4noc(C)n4)cc3c2)c1=O. The van der Waals surface area contributed by atoms with Crippen LogP contribution in [0.5, 0.6) is 11.5 Å². The highest BCUT2D eigenvalue weighted by Gasteiger charge is 2.16. The lowest BCUT2D eigenvalue weighted by atomic mass is 10.0. The fourth-order valence-electron chi connectivity index (χ4n) is 5.67. The Hall–Kier alpha value is -5.57. The highest BCUT2D eigenvalue weighted by atomic mass is 16.5. The first kappa shape index (κ1) is 27.3. The second-order valence-corrected chi connectivity index (χ2v) is 10.8. The zero-order valence-electron chi connectivity index (χ0n) is 24.8. The van der Waals surface area contributed by atoms with E-state index >= 15 is 0 Å². The molecule has 0 saturated heterocycles. The molecule has 0 radical (unpaired) electrons. The first-order valence-corrected chi connectivity index (χ1v) is 14.4. The minimum atomic E-state index is 0.000226. The van der Waals surface area contributed by atoms with Crippen LogP contribution >= 0.6 is 0 Å². The van der Waals surface area contributed by atoms with Crippen molar-refractivity contribution in [3.05, 3.63) is 118 Å². The number of rotatable bonds is 7. The van der Waals surface area contributed by atoms with Crippen molar-refractivity contribution in [2.45, 2.75) is 40.7 Å². The van der Waals surface area contributed by atoms with Gasteiger partial charge in [0.25, 0.3) is 5.56 Å².